The molecule has 0 bridgehead atoms. The molecule has 2 rings (SSSR count). The van der Waals surface area contributed by atoms with E-state index in [1.165, 1.54) is 32.2 Å². The summed E-state index contributed by atoms with van der Waals surface area (Å²) in [5, 5.41) is 12.7. The van der Waals surface area contributed by atoms with Crippen molar-refractivity contribution >= 4 is 5.97 Å². The van der Waals surface area contributed by atoms with E-state index < -0.39 is 11.5 Å². The van der Waals surface area contributed by atoms with Crippen LogP contribution in [0.15, 0.2) is 0 Å². The van der Waals surface area contributed by atoms with Gasteiger partial charge in [0.05, 0.1) is 0 Å². The SMILES string of the molecule is CCC1CCCCN1CCC1CCCC1(NC)C(=O)O. The first kappa shape index (κ1) is 15.8. The van der Waals surface area contributed by atoms with Crippen LogP contribution in [-0.4, -0.2) is 47.7 Å². The molecule has 0 radical (unpaired) electrons. The van der Waals surface area contributed by atoms with Gasteiger partial charge in [-0.3, -0.25) is 4.79 Å². The molecule has 1 saturated carbocycles. The predicted octanol–water partition coefficient (Wildman–Crippen LogP) is 2.48. The van der Waals surface area contributed by atoms with Crippen molar-refractivity contribution in [2.45, 2.75) is 69.9 Å². The van der Waals surface area contributed by atoms with Crippen molar-refractivity contribution in [3.8, 4) is 0 Å². The van der Waals surface area contributed by atoms with Gasteiger partial charge < -0.3 is 15.3 Å². The van der Waals surface area contributed by atoms with Crippen LogP contribution in [0.3, 0.4) is 0 Å². The molecule has 4 nitrogen and oxygen atoms in total. The van der Waals surface area contributed by atoms with Gasteiger partial charge in [-0.2, -0.15) is 0 Å². The number of carbonyl (C=O) groups is 1. The van der Waals surface area contributed by atoms with Gasteiger partial charge >= 0.3 is 5.97 Å². The molecular weight excluding hydrogens is 252 g/mol. The minimum absolute atomic E-state index is 0.282. The monoisotopic (exact) mass is 282 g/mol. The first-order valence-corrected chi connectivity index (χ1v) is 8.30. The zero-order valence-electron chi connectivity index (χ0n) is 13.0. The van der Waals surface area contributed by atoms with Gasteiger partial charge in [0.15, 0.2) is 0 Å². The average molecular weight is 282 g/mol. The molecule has 3 unspecified atom stereocenters. The lowest BCUT2D eigenvalue weighted by Crippen LogP contribution is -2.54. The molecule has 4 heteroatoms. The number of nitrogens with one attached hydrogen (secondary N) is 1. The van der Waals surface area contributed by atoms with E-state index in [2.05, 4.69) is 17.1 Å². The van der Waals surface area contributed by atoms with Crippen molar-refractivity contribution in [2.24, 2.45) is 5.92 Å². The molecule has 0 aromatic rings. The molecule has 0 amide bonds. The van der Waals surface area contributed by atoms with E-state index in [0.717, 1.165) is 38.3 Å². The zero-order valence-corrected chi connectivity index (χ0v) is 13.0. The molecular formula is C16H30N2O2. The number of rotatable bonds is 6. The van der Waals surface area contributed by atoms with Gasteiger partial charge in [-0.1, -0.05) is 19.8 Å². The van der Waals surface area contributed by atoms with Crippen LogP contribution in [0.25, 0.3) is 0 Å². The normalized spacial score (nSPS) is 35.3. The lowest BCUT2D eigenvalue weighted by molar-refractivity contribution is -0.146. The Labute approximate surface area is 122 Å². The van der Waals surface area contributed by atoms with Crippen LogP contribution in [0.2, 0.25) is 0 Å². The minimum Gasteiger partial charge on any atom is -0.480 e. The van der Waals surface area contributed by atoms with E-state index >= 15 is 0 Å². The van der Waals surface area contributed by atoms with Crippen molar-refractivity contribution in [1.29, 1.82) is 0 Å². The van der Waals surface area contributed by atoms with Gasteiger partial charge in [0, 0.05) is 6.04 Å². The Hall–Kier alpha value is -0.610. The van der Waals surface area contributed by atoms with E-state index in [1.54, 1.807) is 0 Å². The number of hydrogen-bond donors (Lipinski definition) is 2. The molecule has 2 fully saturated rings. The standard InChI is InChI=1S/C16H30N2O2/c1-3-14-8-4-5-11-18(14)12-9-13-7-6-10-16(13,17-2)15(19)20/h13-14,17H,3-12H2,1-2H3,(H,19,20). The number of nitrogens with zero attached hydrogens (tertiary/aromatic N) is 1. The maximum Gasteiger partial charge on any atom is 0.324 e. The summed E-state index contributed by atoms with van der Waals surface area (Å²) in [6.07, 6.45) is 9.08. The van der Waals surface area contributed by atoms with Crippen LogP contribution in [0.1, 0.15) is 58.3 Å². The van der Waals surface area contributed by atoms with E-state index in [4.69, 9.17) is 0 Å². The topological polar surface area (TPSA) is 52.6 Å². The molecule has 0 aromatic heterocycles. The second kappa shape index (κ2) is 6.90. The molecule has 2 aliphatic rings. The molecule has 1 aliphatic heterocycles. The van der Waals surface area contributed by atoms with E-state index in [1.807, 2.05) is 7.05 Å². The first-order valence-electron chi connectivity index (χ1n) is 8.30. The lowest BCUT2D eigenvalue weighted by Gasteiger charge is -2.37. The Kier molecular flexibility index (Phi) is 5.44. The Bertz CT molecular complexity index is 334. The molecule has 1 aliphatic carbocycles. The Balaban J connectivity index is 1.93. The molecule has 1 heterocycles. The predicted molar refractivity (Wildman–Crippen MR) is 80.9 cm³/mol. The quantitative estimate of drug-likeness (QED) is 0.786. The van der Waals surface area contributed by atoms with Crippen LogP contribution < -0.4 is 5.32 Å². The van der Waals surface area contributed by atoms with E-state index in [0.29, 0.717) is 0 Å². The number of aliphatic carboxylic acids is 1. The number of likely N-dealkylation sites (N-methyl/N-ethyl adjacent to an activating group) is 1. The van der Waals surface area contributed by atoms with Crippen molar-refractivity contribution in [3.63, 3.8) is 0 Å². The van der Waals surface area contributed by atoms with Gasteiger partial charge in [0.2, 0.25) is 0 Å². The highest BCUT2D eigenvalue weighted by Gasteiger charge is 2.47. The van der Waals surface area contributed by atoms with Crippen molar-refractivity contribution in [3.05, 3.63) is 0 Å². The van der Waals surface area contributed by atoms with Gasteiger partial charge in [-0.05, 0) is 64.6 Å². The molecule has 20 heavy (non-hydrogen) atoms. The Morgan fingerprint density at radius 2 is 2.15 bits per heavy atom. The summed E-state index contributed by atoms with van der Waals surface area (Å²) in [6, 6.07) is 0.721. The largest absolute Gasteiger partial charge is 0.480 e. The molecule has 116 valence electrons. The maximum atomic E-state index is 11.7. The number of piperidine rings is 1. The summed E-state index contributed by atoms with van der Waals surface area (Å²) >= 11 is 0. The van der Waals surface area contributed by atoms with Gasteiger partial charge in [-0.25, -0.2) is 0 Å². The van der Waals surface area contributed by atoms with Crippen molar-refractivity contribution < 1.29 is 9.90 Å². The lowest BCUT2D eigenvalue weighted by atomic mass is 9.84. The average Bonchev–Trinajstić information content (AvgIpc) is 2.89. The fourth-order valence-electron chi connectivity index (χ4n) is 4.32. The van der Waals surface area contributed by atoms with E-state index in [-0.39, 0.29) is 5.92 Å². The van der Waals surface area contributed by atoms with Crippen LogP contribution >= 0.6 is 0 Å². The molecule has 0 aromatic carbocycles. The smallest absolute Gasteiger partial charge is 0.324 e. The third kappa shape index (κ3) is 3.01. The van der Waals surface area contributed by atoms with Crippen LogP contribution in [0.5, 0.6) is 0 Å². The summed E-state index contributed by atoms with van der Waals surface area (Å²) in [4.78, 5) is 14.3. The first-order chi connectivity index (χ1) is 9.64. The van der Waals surface area contributed by atoms with Crippen molar-refractivity contribution in [2.75, 3.05) is 20.1 Å². The van der Waals surface area contributed by atoms with Crippen molar-refractivity contribution in [1.82, 2.24) is 10.2 Å². The van der Waals surface area contributed by atoms with Crippen LogP contribution in [0, 0.1) is 5.92 Å². The summed E-state index contributed by atoms with van der Waals surface area (Å²) in [5.74, 6) is -0.377. The zero-order chi connectivity index (χ0) is 14.6. The minimum atomic E-state index is -0.669. The summed E-state index contributed by atoms with van der Waals surface area (Å²) in [5.41, 5.74) is -0.669. The molecule has 2 N–H and O–H groups in total. The highest BCUT2D eigenvalue weighted by atomic mass is 16.4. The van der Waals surface area contributed by atoms with Crippen LogP contribution in [0.4, 0.5) is 0 Å². The highest BCUT2D eigenvalue weighted by molar-refractivity contribution is 5.79. The second-order valence-electron chi connectivity index (χ2n) is 6.50. The molecule has 0 spiro atoms. The third-order valence-electron chi connectivity index (χ3n) is 5.63. The van der Waals surface area contributed by atoms with Gasteiger partial charge in [-0.15, -0.1) is 0 Å². The third-order valence-corrected chi connectivity index (χ3v) is 5.63. The second-order valence-corrected chi connectivity index (χ2v) is 6.50. The summed E-state index contributed by atoms with van der Waals surface area (Å²) in [6.45, 7) is 4.54. The number of carboxylic acid groups (broad SMARTS) is 1. The molecule has 3 atom stereocenters. The number of likely N-dealkylation sites (tertiary alicyclic amines) is 1. The van der Waals surface area contributed by atoms with E-state index in [9.17, 15) is 9.90 Å². The van der Waals surface area contributed by atoms with Gasteiger partial charge in [0.1, 0.15) is 5.54 Å². The van der Waals surface area contributed by atoms with Gasteiger partial charge in [0.25, 0.3) is 0 Å². The summed E-state index contributed by atoms with van der Waals surface area (Å²) in [7, 11) is 1.81. The number of carboxylic acids is 1. The number of hydrogen-bond acceptors (Lipinski definition) is 3. The highest BCUT2D eigenvalue weighted by Crippen LogP contribution is 2.38. The Morgan fingerprint density at radius 1 is 1.35 bits per heavy atom. The summed E-state index contributed by atoms with van der Waals surface area (Å²) < 4.78 is 0. The molecule has 1 saturated heterocycles. The van der Waals surface area contributed by atoms with Crippen LogP contribution in [-0.2, 0) is 4.79 Å². The fourth-order valence-corrected chi connectivity index (χ4v) is 4.32. The fraction of sp³-hybridized carbons (Fsp3) is 0.938. The Morgan fingerprint density at radius 3 is 2.80 bits per heavy atom. The maximum absolute atomic E-state index is 11.7.